The fourth-order valence-corrected chi connectivity index (χ4v) is 5.17. The van der Waals surface area contributed by atoms with E-state index in [4.69, 9.17) is 4.74 Å². The van der Waals surface area contributed by atoms with Gasteiger partial charge in [0.1, 0.15) is 17.0 Å². The minimum atomic E-state index is -0.884. The highest BCUT2D eigenvalue weighted by Crippen LogP contribution is 2.55. The molecule has 0 saturated heterocycles. The van der Waals surface area contributed by atoms with E-state index in [0.717, 1.165) is 24.0 Å². The number of rotatable bonds is 8. The number of hydrogen-bond donors (Lipinski definition) is 1. The molecule has 5 nitrogen and oxygen atoms in total. The quantitative estimate of drug-likeness (QED) is 0.367. The summed E-state index contributed by atoms with van der Waals surface area (Å²) in [5.74, 6) is -0.151. The minimum absolute atomic E-state index is 0.0748. The van der Waals surface area contributed by atoms with Gasteiger partial charge in [-0.25, -0.2) is 4.79 Å². The van der Waals surface area contributed by atoms with Gasteiger partial charge >= 0.3 is 5.97 Å². The van der Waals surface area contributed by atoms with Crippen molar-refractivity contribution in [2.75, 3.05) is 0 Å². The molecule has 1 N–H and O–H groups in total. The molecule has 2 atom stereocenters. The van der Waals surface area contributed by atoms with Crippen LogP contribution in [0.4, 0.5) is 5.69 Å². The summed E-state index contributed by atoms with van der Waals surface area (Å²) in [5, 5.41) is 12.9. The summed E-state index contributed by atoms with van der Waals surface area (Å²) in [5.41, 5.74) is 2.13. The van der Waals surface area contributed by atoms with Gasteiger partial charge in [-0.3, -0.25) is 0 Å². The highest BCUT2D eigenvalue weighted by molar-refractivity contribution is 5.87. The Hall–Kier alpha value is -2.17. The summed E-state index contributed by atoms with van der Waals surface area (Å²) in [6, 6.07) is 3.98. The van der Waals surface area contributed by atoms with Crippen LogP contribution in [0.15, 0.2) is 29.0 Å². The van der Waals surface area contributed by atoms with E-state index in [2.05, 4.69) is 45.9 Å². The molecule has 0 fully saturated rings. The lowest BCUT2D eigenvalue weighted by atomic mass is 9.66. The zero-order valence-corrected chi connectivity index (χ0v) is 19.0. The third-order valence-electron chi connectivity index (χ3n) is 7.11. The molecule has 164 valence electrons. The average Bonchev–Trinajstić information content (AvgIpc) is 2.69. The van der Waals surface area contributed by atoms with Gasteiger partial charge < -0.3 is 9.84 Å². The number of nitroso groups, excluding NO2 is 1. The first kappa shape index (κ1) is 22.5. The Kier molecular flexibility index (Phi) is 6.40. The topological polar surface area (TPSA) is 76.0 Å². The van der Waals surface area contributed by atoms with Gasteiger partial charge in [0.15, 0.2) is 0 Å². The molecule has 0 saturated carbocycles. The van der Waals surface area contributed by atoms with Crippen molar-refractivity contribution in [3.8, 4) is 5.75 Å². The Bertz CT molecular complexity index is 853. The van der Waals surface area contributed by atoms with Crippen LogP contribution in [0.1, 0.15) is 96.6 Å². The highest BCUT2D eigenvalue weighted by Gasteiger charge is 2.47. The Morgan fingerprint density at radius 1 is 1.27 bits per heavy atom. The van der Waals surface area contributed by atoms with Gasteiger partial charge in [0.2, 0.25) is 0 Å². The Morgan fingerprint density at radius 3 is 2.63 bits per heavy atom. The molecule has 0 bridgehead atoms. The van der Waals surface area contributed by atoms with Crippen molar-refractivity contribution in [2.45, 2.75) is 96.5 Å². The Labute approximate surface area is 179 Å². The van der Waals surface area contributed by atoms with Crippen molar-refractivity contribution < 1.29 is 14.6 Å². The highest BCUT2D eigenvalue weighted by atomic mass is 16.5. The number of nitrogens with zero attached hydrogens (tertiary/aromatic N) is 1. The van der Waals surface area contributed by atoms with Gasteiger partial charge in [0, 0.05) is 23.0 Å². The van der Waals surface area contributed by atoms with Gasteiger partial charge in [-0.2, -0.15) is 0 Å². The van der Waals surface area contributed by atoms with Crippen molar-refractivity contribution in [3.63, 3.8) is 0 Å². The Balaban J connectivity index is 2.01. The summed E-state index contributed by atoms with van der Waals surface area (Å²) in [6.07, 6.45) is 8.67. The number of fused-ring (bicyclic) bond motifs is 3. The first-order valence-corrected chi connectivity index (χ1v) is 11.2. The number of benzene rings is 1. The second-order valence-electron chi connectivity index (χ2n) is 10.1. The van der Waals surface area contributed by atoms with Gasteiger partial charge in [-0.15, -0.1) is 4.91 Å². The normalized spacial score (nSPS) is 22.4. The molecule has 3 rings (SSSR count). The molecule has 0 amide bonds. The maximum absolute atomic E-state index is 11.9. The molecule has 1 heterocycles. The van der Waals surface area contributed by atoms with Crippen LogP contribution >= 0.6 is 0 Å². The van der Waals surface area contributed by atoms with Crippen LogP contribution in [0, 0.1) is 10.8 Å². The standard InChI is InChI=1S/C25H35NO4/c1-6-7-8-9-12-24(2,3)17-14-20(26-29)22-18-13-16(23(27)28)10-11-19(18)25(4,5)30-21(22)15-17/h10,14-15,18-19H,6-9,11-13H2,1-5H3,(H,27,28)/t18-,19-/m1/s1. The van der Waals surface area contributed by atoms with Crippen LogP contribution in [0.3, 0.4) is 0 Å². The number of carbonyl (C=O) groups is 1. The molecular formula is C25H35NO4. The van der Waals surface area contributed by atoms with Crippen molar-refractivity contribution in [1.82, 2.24) is 0 Å². The second-order valence-corrected chi connectivity index (χ2v) is 10.1. The van der Waals surface area contributed by atoms with Crippen LogP contribution < -0.4 is 4.74 Å². The van der Waals surface area contributed by atoms with Crippen molar-refractivity contribution in [3.05, 3.63) is 39.8 Å². The van der Waals surface area contributed by atoms with Crippen LogP contribution in [-0.2, 0) is 10.2 Å². The van der Waals surface area contributed by atoms with Gasteiger partial charge in [-0.05, 0) is 61.4 Å². The first-order valence-electron chi connectivity index (χ1n) is 11.2. The molecule has 0 aromatic heterocycles. The van der Waals surface area contributed by atoms with Gasteiger partial charge in [0.25, 0.3) is 0 Å². The van der Waals surface area contributed by atoms with Crippen LogP contribution in [-0.4, -0.2) is 16.7 Å². The fourth-order valence-electron chi connectivity index (χ4n) is 5.17. The number of carboxylic acid groups (broad SMARTS) is 1. The van der Waals surface area contributed by atoms with Crippen LogP contribution in [0.2, 0.25) is 0 Å². The molecule has 2 aliphatic rings. The number of allylic oxidation sites excluding steroid dienone is 1. The predicted molar refractivity (Wildman–Crippen MR) is 120 cm³/mol. The van der Waals surface area contributed by atoms with Crippen molar-refractivity contribution in [2.24, 2.45) is 11.1 Å². The van der Waals surface area contributed by atoms with Crippen LogP contribution in [0.5, 0.6) is 5.75 Å². The molecule has 0 radical (unpaired) electrons. The van der Waals surface area contributed by atoms with E-state index in [0.29, 0.717) is 29.9 Å². The summed E-state index contributed by atoms with van der Waals surface area (Å²) >= 11 is 0. The lowest BCUT2D eigenvalue weighted by molar-refractivity contribution is -0.133. The Morgan fingerprint density at radius 2 is 2.00 bits per heavy atom. The molecule has 0 spiro atoms. The monoisotopic (exact) mass is 413 g/mol. The lowest BCUT2D eigenvalue weighted by Crippen LogP contribution is -2.46. The molecule has 5 heteroatoms. The average molecular weight is 414 g/mol. The third kappa shape index (κ3) is 4.30. The zero-order valence-electron chi connectivity index (χ0n) is 19.0. The van der Waals surface area contributed by atoms with E-state index in [1.807, 2.05) is 6.07 Å². The summed E-state index contributed by atoms with van der Waals surface area (Å²) in [6.45, 7) is 10.7. The SMILES string of the molecule is CCCCCCC(C)(C)c1cc(N=O)c2c(c1)OC(C)(C)[C@@H]1CC=C(C(=O)O)C[C@@H]21. The van der Waals surface area contributed by atoms with E-state index >= 15 is 0 Å². The number of carboxylic acids is 1. The molecule has 1 aromatic carbocycles. The third-order valence-corrected chi connectivity index (χ3v) is 7.11. The number of ether oxygens (including phenoxy) is 1. The first-order chi connectivity index (χ1) is 14.1. The largest absolute Gasteiger partial charge is 0.487 e. The molecular weight excluding hydrogens is 378 g/mol. The second kappa shape index (κ2) is 8.52. The molecule has 1 aliphatic carbocycles. The fraction of sp³-hybridized carbons (Fsp3) is 0.640. The summed E-state index contributed by atoms with van der Waals surface area (Å²) in [7, 11) is 0. The molecule has 0 unspecified atom stereocenters. The smallest absolute Gasteiger partial charge is 0.331 e. The van der Waals surface area contributed by atoms with Crippen molar-refractivity contribution >= 4 is 11.7 Å². The van der Waals surface area contributed by atoms with Gasteiger partial charge in [0.05, 0.1) is 0 Å². The maximum atomic E-state index is 11.9. The van der Waals surface area contributed by atoms with Crippen molar-refractivity contribution in [1.29, 1.82) is 0 Å². The van der Waals surface area contributed by atoms with Crippen LogP contribution in [0.25, 0.3) is 0 Å². The van der Waals surface area contributed by atoms with E-state index in [9.17, 15) is 14.8 Å². The van der Waals surface area contributed by atoms with E-state index in [-0.39, 0.29) is 17.3 Å². The van der Waals surface area contributed by atoms with E-state index in [1.54, 1.807) is 6.08 Å². The predicted octanol–water partition coefficient (Wildman–Crippen LogP) is 7.01. The number of unbranched alkanes of at least 4 members (excludes halogenated alkanes) is 3. The summed E-state index contributed by atoms with van der Waals surface area (Å²) < 4.78 is 6.43. The minimum Gasteiger partial charge on any atom is -0.487 e. The van der Waals surface area contributed by atoms with E-state index < -0.39 is 11.6 Å². The number of hydrogen-bond acceptors (Lipinski definition) is 4. The molecule has 30 heavy (non-hydrogen) atoms. The summed E-state index contributed by atoms with van der Waals surface area (Å²) in [4.78, 5) is 23.5. The molecule has 1 aliphatic heterocycles. The van der Waals surface area contributed by atoms with E-state index in [1.165, 1.54) is 19.3 Å². The zero-order chi connectivity index (χ0) is 22.1. The lowest BCUT2D eigenvalue weighted by Gasteiger charge is -2.47. The van der Waals surface area contributed by atoms with Gasteiger partial charge in [-0.1, -0.05) is 52.5 Å². The molecule has 1 aromatic rings. The number of aliphatic carboxylic acids is 1. The maximum Gasteiger partial charge on any atom is 0.331 e.